The minimum atomic E-state index is -0.519. The second-order valence-corrected chi connectivity index (χ2v) is 4.45. The first kappa shape index (κ1) is 13.3. The van der Waals surface area contributed by atoms with Crippen LogP contribution in [0.25, 0.3) is 0 Å². The normalized spacial score (nSPS) is 15.1. The summed E-state index contributed by atoms with van der Waals surface area (Å²) in [5, 5.41) is 19.6. The zero-order valence-corrected chi connectivity index (χ0v) is 10.5. The van der Waals surface area contributed by atoms with Crippen LogP contribution in [0.5, 0.6) is 5.75 Å². The van der Waals surface area contributed by atoms with Crippen LogP contribution in [0.1, 0.15) is 18.4 Å². The quantitative estimate of drug-likeness (QED) is 0.597. The monoisotopic (exact) mass is 261 g/mol. The highest BCUT2D eigenvalue weighted by Gasteiger charge is 2.13. The van der Waals surface area contributed by atoms with E-state index < -0.39 is 4.92 Å². The third kappa shape index (κ3) is 3.42. The lowest BCUT2D eigenvalue weighted by Gasteiger charge is -2.15. The molecule has 0 aliphatic carbocycles. The maximum Gasteiger partial charge on any atom is 0.271 e. The van der Waals surface area contributed by atoms with Crippen LogP contribution >= 0.6 is 0 Å². The van der Waals surface area contributed by atoms with Gasteiger partial charge < -0.3 is 4.74 Å². The Morgan fingerprint density at radius 2 is 2.16 bits per heavy atom. The predicted molar refractivity (Wildman–Crippen MR) is 69.0 cm³/mol. The average Bonchev–Trinajstić information content (AvgIpc) is 2.92. The van der Waals surface area contributed by atoms with E-state index in [9.17, 15) is 10.1 Å². The topological polar surface area (TPSA) is 79.4 Å². The molecule has 0 radical (unpaired) electrons. The van der Waals surface area contributed by atoms with Gasteiger partial charge in [0.05, 0.1) is 4.92 Å². The molecule has 0 spiro atoms. The molecule has 0 N–H and O–H groups in total. The van der Waals surface area contributed by atoms with Crippen LogP contribution in [0.2, 0.25) is 0 Å². The Labute approximate surface area is 111 Å². The minimum Gasteiger partial charge on any atom is -0.491 e. The largest absolute Gasteiger partial charge is 0.491 e. The van der Waals surface area contributed by atoms with E-state index in [0.29, 0.717) is 12.4 Å². The van der Waals surface area contributed by atoms with Gasteiger partial charge in [-0.15, -0.1) is 0 Å². The fourth-order valence-electron chi connectivity index (χ4n) is 2.14. The maximum absolute atomic E-state index is 10.6. The fourth-order valence-corrected chi connectivity index (χ4v) is 2.14. The Morgan fingerprint density at radius 1 is 1.42 bits per heavy atom. The van der Waals surface area contributed by atoms with Gasteiger partial charge in [-0.2, -0.15) is 5.26 Å². The summed E-state index contributed by atoms with van der Waals surface area (Å²) in [6.07, 6.45) is 2.45. The lowest BCUT2D eigenvalue weighted by molar-refractivity contribution is -0.384. The number of nitro groups is 1. The van der Waals surface area contributed by atoms with Crippen molar-refractivity contribution in [1.82, 2.24) is 4.90 Å². The molecule has 1 aliphatic heterocycles. The van der Waals surface area contributed by atoms with Gasteiger partial charge in [0.15, 0.2) is 0 Å². The molecule has 1 fully saturated rings. The summed E-state index contributed by atoms with van der Waals surface area (Å²) >= 11 is 0. The Hall–Kier alpha value is -2.13. The summed E-state index contributed by atoms with van der Waals surface area (Å²) in [6, 6.07) is 6.01. The van der Waals surface area contributed by atoms with Gasteiger partial charge in [-0.05, 0) is 32.0 Å². The minimum absolute atomic E-state index is 0.0940. The molecule has 0 atom stereocenters. The number of rotatable bonds is 5. The molecular formula is C13H15N3O3. The number of nitrogens with zero attached hydrogens (tertiary/aromatic N) is 3. The van der Waals surface area contributed by atoms with Gasteiger partial charge in [0.2, 0.25) is 0 Å². The van der Waals surface area contributed by atoms with Crippen molar-refractivity contribution in [2.45, 2.75) is 12.8 Å². The van der Waals surface area contributed by atoms with Gasteiger partial charge in [-0.25, -0.2) is 0 Å². The van der Waals surface area contributed by atoms with E-state index in [0.717, 1.165) is 19.6 Å². The van der Waals surface area contributed by atoms with Gasteiger partial charge in [-0.1, -0.05) is 0 Å². The first-order chi connectivity index (χ1) is 9.20. The molecule has 6 heteroatoms. The van der Waals surface area contributed by atoms with Crippen molar-refractivity contribution in [3.8, 4) is 11.8 Å². The molecule has 0 amide bonds. The van der Waals surface area contributed by atoms with Crippen LogP contribution in [0.3, 0.4) is 0 Å². The van der Waals surface area contributed by atoms with Crippen molar-refractivity contribution >= 4 is 5.69 Å². The number of non-ortho nitro benzene ring substituents is 1. The molecule has 0 aromatic heterocycles. The highest BCUT2D eigenvalue weighted by molar-refractivity contribution is 5.50. The summed E-state index contributed by atoms with van der Waals surface area (Å²) in [4.78, 5) is 12.4. The summed E-state index contributed by atoms with van der Waals surface area (Å²) in [7, 11) is 0. The zero-order chi connectivity index (χ0) is 13.7. The molecular weight excluding hydrogens is 246 g/mol. The average molecular weight is 261 g/mol. The number of likely N-dealkylation sites (tertiary alicyclic amines) is 1. The van der Waals surface area contributed by atoms with Gasteiger partial charge in [0.1, 0.15) is 24.0 Å². The van der Waals surface area contributed by atoms with E-state index in [2.05, 4.69) is 4.90 Å². The van der Waals surface area contributed by atoms with Crippen molar-refractivity contribution in [3.05, 3.63) is 33.9 Å². The predicted octanol–water partition coefficient (Wildman–Crippen LogP) is 1.94. The Kier molecular flexibility index (Phi) is 4.31. The number of benzene rings is 1. The van der Waals surface area contributed by atoms with Crippen molar-refractivity contribution in [3.63, 3.8) is 0 Å². The third-order valence-electron chi connectivity index (χ3n) is 3.16. The second kappa shape index (κ2) is 6.16. The van der Waals surface area contributed by atoms with Crippen molar-refractivity contribution in [1.29, 1.82) is 5.26 Å². The van der Waals surface area contributed by atoms with E-state index in [4.69, 9.17) is 10.00 Å². The number of nitriles is 1. The van der Waals surface area contributed by atoms with Crippen LogP contribution in [0.15, 0.2) is 18.2 Å². The molecule has 19 heavy (non-hydrogen) atoms. The molecule has 2 rings (SSSR count). The Bertz CT molecular complexity index is 504. The molecule has 0 unspecified atom stereocenters. The number of hydrogen-bond acceptors (Lipinski definition) is 5. The molecule has 1 aromatic carbocycles. The number of nitro benzene ring substituents is 1. The van der Waals surface area contributed by atoms with Crippen LogP contribution in [0, 0.1) is 21.4 Å². The van der Waals surface area contributed by atoms with E-state index in [1.807, 2.05) is 6.07 Å². The van der Waals surface area contributed by atoms with Gasteiger partial charge in [0, 0.05) is 18.7 Å². The molecule has 0 saturated carbocycles. The summed E-state index contributed by atoms with van der Waals surface area (Å²) in [5.74, 6) is 0.410. The first-order valence-electron chi connectivity index (χ1n) is 6.24. The molecule has 100 valence electrons. The lowest BCUT2D eigenvalue weighted by Crippen LogP contribution is -2.25. The van der Waals surface area contributed by atoms with E-state index >= 15 is 0 Å². The van der Waals surface area contributed by atoms with E-state index in [1.54, 1.807) is 0 Å². The summed E-state index contributed by atoms with van der Waals surface area (Å²) in [5.41, 5.74) is 0.110. The first-order valence-corrected chi connectivity index (χ1v) is 6.24. The van der Waals surface area contributed by atoms with E-state index in [1.165, 1.54) is 31.0 Å². The molecule has 0 bridgehead atoms. The fraction of sp³-hybridized carbons (Fsp3) is 0.462. The van der Waals surface area contributed by atoms with Gasteiger partial charge in [-0.3, -0.25) is 15.0 Å². The Morgan fingerprint density at radius 3 is 2.79 bits per heavy atom. The number of hydrogen-bond donors (Lipinski definition) is 0. The third-order valence-corrected chi connectivity index (χ3v) is 3.16. The van der Waals surface area contributed by atoms with Crippen molar-refractivity contribution in [2.75, 3.05) is 26.2 Å². The molecule has 6 nitrogen and oxygen atoms in total. The smallest absolute Gasteiger partial charge is 0.271 e. The van der Waals surface area contributed by atoms with Crippen LogP contribution < -0.4 is 4.74 Å². The zero-order valence-electron chi connectivity index (χ0n) is 10.5. The van der Waals surface area contributed by atoms with Gasteiger partial charge >= 0.3 is 0 Å². The number of ether oxygens (including phenoxy) is 1. The Balaban J connectivity index is 1.95. The summed E-state index contributed by atoms with van der Waals surface area (Å²) < 4.78 is 5.54. The SMILES string of the molecule is N#Cc1cc([N+](=O)[O-])ccc1OCCN1CCCC1. The highest BCUT2D eigenvalue weighted by Crippen LogP contribution is 2.23. The second-order valence-electron chi connectivity index (χ2n) is 4.45. The molecule has 1 heterocycles. The molecule has 1 aromatic rings. The standard InChI is InChI=1S/C13H15N3O3/c14-10-11-9-12(16(17)18)3-4-13(11)19-8-7-15-5-1-2-6-15/h3-4,9H,1-2,5-8H2. The summed E-state index contributed by atoms with van der Waals surface area (Å²) in [6.45, 7) is 3.50. The molecule has 1 saturated heterocycles. The van der Waals surface area contributed by atoms with Crippen LogP contribution in [-0.2, 0) is 0 Å². The van der Waals surface area contributed by atoms with Crippen molar-refractivity contribution in [2.24, 2.45) is 0 Å². The lowest BCUT2D eigenvalue weighted by atomic mass is 10.2. The van der Waals surface area contributed by atoms with Crippen LogP contribution in [0.4, 0.5) is 5.69 Å². The van der Waals surface area contributed by atoms with Crippen LogP contribution in [-0.4, -0.2) is 36.1 Å². The van der Waals surface area contributed by atoms with E-state index in [-0.39, 0.29) is 11.3 Å². The maximum atomic E-state index is 10.6. The highest BCUT2D eigenvalue weighted by atomic mass is 16.6. The van der Waals surface area contributed by atoms with Gasteiger partial charge in [0.25, 0.3) is 5.69 Å². The van der Waals surface area contributed by atoms with Crippen molar-refractivity contribution < 1.29 is 9.66 Å². The molecule has 1 aliphatic rings.